The number of benzene rings is 4. The predicted octanol–water partition coefficient (Wildman–Crippen LogP) is 6.67. The van der Waals surface area contributed by atoms with Gasteiger partial charge in [-0.25, -0.2) is 9.38 Å². The Bertz CT molecular complexity index is 2290. The lowest BCUT2D eigenvalue weighted by molar-refractivity contribution is -0.113. The second-order valence-electron chi connectivity index (χ2n) is 10.8. The molecule has 0 saturated heterocycles. The van der Waals surface area contributed by atoms with Crippen LogP contribution in [-0.2, 0) is 11.3 Å². The van der Waals surface area contributed by atoms with Crippen LogP contribution in [0, 0.1) is 5.82 Å². The number of fused-ring (bicyclic) bond motifs is 2. The lowest BCUT2D eigenvalue weighted by Gasteiger charge is -2.25. The van der Waals surface area contributed by atoms with E-state index in [1.165, 1.54) is 23.5 Å². The SMILES string of the molecule is CC1=C(C(=O)Nc2ccccc2)[C@H](c2ccc(Cl)cc2)n2c(s/c(=C\c3cn(Cc4ccc(F)cc4)c4ccccc34)c2=O)=N1. The topological polar surface area (TPSA) is 68.4 Å². The number of halogens is 2. The summed E-state index contributed by atoms with van der Waals surface area (Å²) in [5, 5.41) is 4.51. The third-order valence-corrected chi connectivity index (χ3v) is 9.09. The number of thiazole rings is 1. The lowest BCUT2D eigenvalue weighted by atomic mass is 9.95. The normalized spacial score (nSPS) is 14.8. The molecule has 222 valence electrons. The Kier molecular flexibility index (Phi) is 7.53. The van der Waals surface area contributed by atoms with Crippen molar-refractivity contribution >= 4 is 51.5 Å². The molecule has 2 aromatic heterocycles. The molecule has 3 heterocycles. The van der Waals surface area contributed by atoms with Crippen LogP contribution in [-0.4, -0.2) is 15.0 Å². The number of hydrogen-bond acceptors (Lipinski definition) is 4. The molecule has 9 heteroatoms. The van der Waals surface area contributed by atoms with E-state index in [-0.39, 0.29) is 17.3 Å². The van der Waals surface area contributed by atoms with Gasteiger partial charge in [0.25, 0.3) is 11.5 Å². The largest absolute Gasteiger partial charge is 0.342 e. The zero-order valence-electron chi connectivity index (χ0n) is 24.1. The number of carbonyl (C=O) groups excluding carboxylic acids is 1. The average molecular weight is 633 g/mol. The first kappa shape index (κ1) is 28.7. The van der Waals surface area contributed by atoms with E-state index in [0.717, 1.165) is 27.6 Å². The third kappa shape index (κ3) is 5.54. The first-order chi connectivity index (χ1) is 21.9. The summed E-state index contributed by atoms with van der Waals surface area (Å²) in [7, 11) is 0. The Morgan fingerprint density at radius 1 is 0.978 bits per heavy atom. The lowest BCUT2D eigenvalue weighted by Crippen LogP contribution is -2.40. The molecule has 6 nitrogen and oxygen atoms in total. The molecule has 0 spiro atoms. The molecule has 1 amide bonds. The minimum atomic E-state index is -0.704. The molecule has 4 aromatic carbocycles. The fourth-order valence-electron chi connectivity index (χ4n) is 5.74. The number of carbonyl (C=O) groups is 1. The van der Waals surface area contributed by atoms with E-state index in [1.807, 2.05) is 79.0 Å². The van der Waals surface area contributed by atoms with E-state index in [4.69, 9.17) is 16.6 Å². The van der Waals surface area contributed by atoms with Crippen molar-refractivity contribution in [2.24, 2.45) is 4.99 Å². The van der Waals surface area contributed by atoms with Crippen molar-refractivity contribution in [3.05, 3.63) is 168 Å². The van der Waals surface area contributed by atoms with Gasteiger partial charge in [-0.15, -0.1) is 0 Å². The fraction of sp³-hybridized carbons (Fsp3) is 0.0833. The second kappa shape index (κ2) is 11.8. The van der Waals surface area contributed by atoms with E-state index in [0.29, 0.717) is 37.9 Å². The molecule has 0 saturated carbocycles. The molecule has 0 radical (unpaired) electrons. The monoisotopic (exact) mass is 632 g/mol. The minimum Gasteiger partial charge on any atom is -0.342 e. The summed E-state index contributed by atoms with van der Waals surface area (Å²) in [6, 6.07) is 30.1. The minimum absolute atomic E-state index is 0.244. The predicted molar refractivity (Wildman–Crippen MR) is 178 cm³/mol. The van der Waals surface area contributed by atoms with E-state index in [1.54, 1.807) is 35.8 Å². The summed E-state index contributed by atoms with van der Waals surface area (Å²) in [6.07, 6.45) is 3.89. The highest BCUT2D eigenvalue weighted by Crippen LogP contribution is 2.31. The number of allylic oxidation sites excluding steroid dienone is 1. The Balaban J connectivity index is 1.35. The molecular weight excluding hydrogens is 607 g/mol. The van der Waals surface area contributed by atoms with Crippen molar-refractivity contribution in [2.45, 2.75) is 19.5 Å². The highest BCUT2D eigenvalue weighted by molar-refractivity contribution is 7.07. The molecule has 6 aromatic rings. The van der Waals surface area contributed by atoms with Gasteiger partial charge in [-0.3, -0.25) is 14.2 Å². The first-order valence-electron chi connectivity index (χ1n) is 14.3. The number of rotatable bonds is 6. The van der Waals surface area contributed by atoms with Crippen LogP contribution in [0.25, 0.3) is 17.0 Å². The number of hydrogen-bond donors (Lipinski definition) is 1. The molecule has 1 aliphatic rings. The van der Waals surface area contributed by atoms with Crippen molar-refractivity contribution in [1.82, 2.24) is 9.13 Å². The Hall–Kier alpha value is -5.05. The first-order valence-corrected chi connectivity index (χ1v) is 15.5. The van der Waals surface area contributed by atoms with Crippen molar-refractivity contribution in [3.8, 4) is 0 Å². The maximum atomic E-state index is 14.2. The van der Waals surface area contributed by atoms with Crippen LogP contribution in [0.3, 0.4) is 0 Å². The number of anilines is 1. The molecule has 0 fully saturated rings. The molecule has 45 heavy (non-hydrogen) atoms. The van der Waals surface area contributed by atoms with E-state index in [2.05, 4.69) is 9.88 Å². The van der Waals surface area contributed by atoms with Crippen LogP contribution < -0.4 is 20.2 Å². The van der Waals surface area contributed by atoms with Gasteiger partial charge in [-0.05, 0) is 66.6 Å². The van der Waals surface area contributed by atoms with Crippen LogP contribution in [0.1, 0.15) is 29.7 Å². The van der Waals surface area contributed by atoms with Gasteiger partial charge in [-0.2, -0.15) is 0 Å². The Morgan fingerprint density at radius 3 is 2.44 bits per heavy atom. The summed E-state index contributed by atoms with van der Waals surface area (Å²) in [6.45, 7) is 2.34. The fourth-order valence-corrected chi connectivity index (χ4v) is 6.90. The smallest absolute Gasteiger partial charge is 0.271 e. The molecule has 0 unspecified atom stereocenters. The van der Waals surface area contributed by atoms with Crippen LogP contribution in [0.4, 0.5) is 10.1 Å². The van der Waals surface area contributed by atoms with Gasteiger partial charge in [-0.1, -0.05) is 83.6 Å². The van der Waals surface area contributed by atoms with Gasteiger partial charge in [0, 0.05) is 39.9 Å². The van der Waals surface area contributed by atoms with Crippen LogP contribution >= 0.6 is 22.9 Å². The number of amides is 1. The number of para-hydroxylation sites is 2. The Morgan fingerprint density at radius 2 is 1.69 bits per heavy atom. The highest BCUT2D eigenvalue weighted by atomic mass is 35.5. The summed E-state index contributed by atoms with van der Waals surface area (Å²) in [5.41, 5.74) is 4.90. The van der Waals surface area contributed by atoms with Gasteiger partial charge in [0.2, 0.25) is 0 Å². The summed E-state index contributed by atoms with van der Waals surface area (Å²) < 4.78 is 17.7. The molecule has 1 aliphatic heterocycles. The molecule has 7 rings (SSSR count). The van der Waals surface area contributed by atoms with Crippen LogP contribution in [0.5, 0.6) is 0 Å². The summed E-state index contributed by atoms with van der Waals surface area (Å²) in [5.74, 6) is -0.611. The molecular formula is C36H26ClFN4O2S. The second-order valence-corrected chi connectivity index (χ2v) is 12.3. The standard InChI is InChI=1S/C36H26ClFN4O2S/c1-22-32(34(43)40-28-7-3-2-4-8-28)33(24-13-15-26(37)16-14-24)42-35(44)31(45-36(42)39-22)19-25-21-41(30-10-6-5-9-29(25)30)20-23-11-17-27(38)18-12-23/h2-19,21,33H,20H2,1H3,(H,40,43)/b31-19-/t33-/m0/s1. The molecule has 0 bridgehead atoms. The van der Waals surface area contributed by atoms with Crippen molar-refractivity contribution in [1.29, 1.82) is 0 Å². The van der Waals surface area contributed by atoms with Crippen LogP contribution in [0.15, 0.2) is 130 Å². The average Bonchev–Trinajstić information content (AvgIpc) is 3.54. The van der Waals surface area contributed by atoms with Gasteiger partial charge in [0.15, 0.2) is 4.80 Å². The van der Waals surface area contributed by atoms with Gasteiger partial charge < -0.3 is 9.88 Å². The van der Waals surface area contributed by atoms with E-state index >= 15 is 0 Å². The molecule has 0 aliphatic carbocycles. The number of aromatic nitrogens is 2. The summed E-state index contributed by atoms with van der Waals surface area (Å²) in [4.78, 5) is 33.3. The Labute approximate surface area is 266 Å². The third-order valence-electron chi connectivity index (χ3n) is 7.86. The van der Waals surface area contributed by atoms with Crippen molar-refractivity contribution < 1.29 is 9.18 Å². The molecule has 1 N–H and O–H groups in total. The zero-order valence-corrected chi connectivity index (χ0v) is 25.6. The molecule has 1 atom stereocenters. The maximum Gasteiger partial charge on any atom is 0.271 e. The number of nitrogens with zero attached hydrogens (tertiary/aromatic N) is 3. The quantitative estimate of drug-likeness (QED) is 0.223. The van der Waals surface area contributed by atoms with E-state index in [9.17, 15) is 14.0 Å². The van der Waals surface area contributed by atoms with E-state index < -0.39 is 6.04 Å². The van der Waals surface area contributed by atoms with Gasteiger partial charge in [0.1, 0.15) is 5.82 Å². The maximum absolute atomic E-state index is 14.2. The van der Waals surface area contributed by atoms with Crippen molar-refractivity contribution in [2.75, 3.05) is 5.32 Å². The van der Waals surface area contributed by atoms with Crippen molar-refractivity contribution in [3.63, 3.8) is 0 Å². The zero-order chi connectivity index (χ0) is 31.1. The van der Waals surface area contributed by atoms with Gasteiger partial charge in [0.05, 0.1) is 21.8 Å². The van der Waals surface area contributed by atoms with Gasteiger partial charge >= 0.3 is 0 Å². The van der Waals surface area contributed by atoms with Crippen LogP contribution in [0.2, 0.25) is 5.02 Å². The summed E-state index contributed by atoms with van der Waals surface area (Å²) >= 11 is 7.51. The number of nitrogens with one attached hydrogen (secondary N) is 1. The highest BCUT2D eigenvalue weighted by Gasteiger charge is 2.32.